The van der Waals surface area contributed by atoms with Gasteiger partial charge in [-0.25, -0.2) is 4.98 Å². The number of phenolic OH excluding ortho intramolecular Hbond substituents is 1. The molecule has 1 aromatic heterocycles. The van der Waals surface area contributed by atoms with E-state index in [-0.39, 0.29) is 5.75 Å². The van der Waals surface area contributed by atoms with Crippen LogP contribution >= 0.6 is 22.6 Å². The number of benzene rings is 1. The van der Waals surface area contributed by atoms with Crippen molar-refractivity contribution in [1.82, 2.24) is 4.98 Å². The van der Waals surface area contributed by atoms with E-state index in [1.165, 1.54) is 6.39 Å². The second-order valence-electron chi connectivity index (χ2n) is 2.10. The molecule has 3 nitrogen and oxygen atoms in total. The zero-order valence-corrected chi connectivity index (χ0v) is 7.57. The lowest BCUT2D eigenvalue weighted by Gasteiger charge is -1.93. The Morgan fingerprint density at radius 2 is 2.27 bits per heavy atom. The van der Waals surface area contributed by atoms with Crippen LogP contribution in [0.4, 0.5) is 0 Å². The first-order valence-corrected chi connectivity index (χ1v) is 4.07. The molecule has 1 heterocycles. The van der Waals surface area contributed by atoms with Gasteiger partial charge in [0.2, 0.25) is 0 Å². The van der Waals surface area contributed by atoms with E-state index in [1.807, 2.05) is 22.6 Å². The Hall–Kier alpha value is -0.780. The van der Waals surface area contributed by atoms with Crippen LogP contribution in [0.25, 0.3) is 11.1 Å². The van der Waals surface area contributed by atoms with Gasteiger partial charge < -0.3 is 9.52 Å². The minimum atomic E-state index is 0.167. The molecular formula is C7H4INO2. The summed E-state index contributed by atoms with van der Waals surface area (Å²) in [5, 5.41) is 9.41. The largest absolute Gasteiger partial charge is 0.503 e. The maximum Gasteiger partial charge on any atom is 0.197 e. The Bertz CT molecular complexity index is 396. The maximum absolute atomic E-state index is 9.41. The van der Waals surface area contributed by atoms with Crippen molar-refractivity contribution < 1.29 is 9.52 Å². The van der Waals surface area contributed by atoms with Gasteiger partial charge in [-0.1, -0.05) is 0 Å². The van der Waals surface area contributed by atoms with Gasteiger partial charge >= 0.3 is 0 Å². The zero-order valence-electron chi connectivity index (χ0n) is 5.41. The predicted octanol–water partition coefficient (Wildman–Crippen LogP) is 2.14. The Labute approximate surface area is 76.2 Å². The normalized spacial score (nSPS) is 10.6. The molecule has 0 bridgehead atoms. The van der Waals surface area contributed by atoms with Crippen molar-refractivity contribution in [2.75, 3.05) is 0 Å². The summed E-state index contributed by atoms with van der Waals surface area (Å²) in [4.78, 5) is 3.89. The number of aromatic hydroxyl groups is 1. The lowest BCUT2D eigenvalue weighted by atomic mass is 10.3. The van der Waals surface area contributed by atoms with Gasteiger partial charge in [-0.2, -0.15) is 0 Å². The van der Waals surface area contributed by atoms with Gasteiger partial charge in [-0.05, 0) is 34.7 Å². The van der Waals surface area contributed by atoms with E-state index in [2.05, 4.69) is 4.98 Å². The highest BCUT2D eigenvalue weighted by molar-refractivity contribution is 14.1. The topological polar surface area (TPSA) is 46.3 Å². The lowest BCUT2D eigenvalue weighted by molar-refractivity contribution is 0.461. The molecule has 1 aromatic carbocycles. The van der Waals surface area contributed by atoms with Crippen molar-refractivity contribution in [3.05, 3.63) is 22.1 Å². The summed E-state index contributed by atoms with van der Waals surface area (Å²) in [5.74, 6) is 0.167. The van der Waals surface area contributed by atoms with E-state index in [9.17, 15) is 5.11 Å². The first kappa shape index (κ1) is 6.90. The second-order valence-corrected chi connectivity index (χ2v) is 3.26. The van der Waals surface area contributed by atoms with Crippen LogP contribution in [0.3, 0.4) is 0 Å². The quantitative estimate of drug-likeness (QED) is 0.739. The van der Waals surface area contributed by atoms with E-state index >= 15 is 0 Å². The summed E-state index contributed by atoms with van der Waals surface area (Å²) in [7, 11) is 0. The number of halogens is 1. The van der Waals surface area contributed by atoms with Crippen LogP contribution in [-0.4, -0.2) is 10.1 Å². The smallest absolute Gasteiger partial charge is 0.197 e. The number of hydrogen-bond donors (Lipinski definition) is 1. The molecule has 0 unspecified atom stereocenters. The van der Waals surface area contributed by atoms with Crippen LogP contribution in [0.15, 0.2) is 22.9 Å². The number of fused-ring (bicyclic) bond motifs is 1. The zero-order chi connectivity index (χ0) is 7.84. The van der Waals surface area contributed by atoms with E-state index < -0.39 is 0 Å². The standard InChI is InChI=1S/C7H4INO2/c8-4-1-2-5-7(6(4)10)11-3-9-5/h1-3,10H. The molecule has 0 aliphatic heterocycles. The highest BCUT2D eigenvalue weighted by atomic mass is 127. The molecule has 56 valence electrons. The Morgan fingerprint density at radius 3 is 3.09 bits per heavy atom. The molecule has 0 saturated carbocycles. The van der Waals surface area contributed by atoms with Crippen molar-refractivity contribution in [3.8, 4) is 5.75 Å². The molecule has 1 N–H and O–H groups in total. The van der Waals surface area contributed by atoms with Crippen molar-refractivity contribution in [2.45, 2.75) is 0 Å². The van der Waals surface area contributed by atoms with E-state index in [1.54, 1.807) is 12.1 Å². The van der Waals surface area contributed by atoms with Crippen LogP contribution in [0, 0.1) is 3.57 Å². The fourth-order valence-electron chi connectivity index (χ4n) is 0.890. The number of rotatable bonds is 0. The second kappa shape index (κ2) is 2.37. The van der Waals surface area contributed by atoms with Crippen LogP contribution in [0.2, 0.25) is 0 Å². The van der Waals surface area contributed by atoms with Crippen molar-refractivity contribution in [1.29, 1.82) is 0 Å². The Morgan fingerprint density at radius 1 is 1.45 bits per heavy atom. The van der Waals surface area contributed by atoms with Gasteiger partial charge in [0.1, 0.15) is 5.52 Å². The summed E-state index contributed by atoms with van der Waals surface area (Å²) < 4.78 is 5.73. The number of phenols is 1. The highest BCUT2D eigenvalue weighted by Gasteiger charge is 2.06. The molecule has 0 spiro atoms. The molecule has 2 rings (SSSR count). The third-order valence-electron chi connectivity index (χ3n) is 1.42. The number of aromatic nitrogens is 1. The van der Waals surface area contributed by atoms with Gasteiger partial charge in [0.15, 0.2) is 17.7 Å². The van der Waals surface area contributed by atoms with Crippen LogP contribution in [-0.2, 0) is 0 Å². The van der Waals surface area contributed by atoms with Gasteiger partial charge in [-0.15, -0.1) is 0 Å². The minimum absolute atomic E-state index is 0.167. The monoisotopic (exact) mass is 261 g/mol. The molecule has 0 radical (unpaired) electrons. The molecule has 0 aliphatic carbocycles. The van der Waals surface area contributed by atoms with E-state index in [4.69, 9.17) is 4.42 Å². The first-order valence-electron chi connectivity index (χ1n) is 2.99. The average Bonchev–Trinajstić information content (AvgIpc) is 2.45. The maximum atomic E-state index is 9.41. The molecule has 2 aromatic rings. The molecule has 0 fully saturated rings. The van der Waals surface area contributed by atoms with Crippen LogP contribution in [0.1, 0.15) is 0 Å². The number of hydrogen-bond acceptors (Lipinski definition) is 3. The lowest BCUT2D eigenvalue weighted by Crippen LogP contribution is -1.73. The molecule has 11 heavy (non-hydrogen) atoms. The molecule has 0 atom stereocenters. The van der Waals surface area contributed by atoms with Gasteiger partial charge in [-0.3, -0.25) is 0 Å². The van der Waals surface area contributed by atoms with Crippen molar-refractivity contribution in [2.24, 2.45) is 0 Å². The number of oxazole rings is 1. The fraction of sp³-hybridized carbons (Fsp3) is 0. The average molecular weight is 261 g/mol. The molecule has 0 saturated heterocycles. The van der Waals surface area contributed by atoms with Crippen molar-refractivity contribution >= 4 is 33.7 Å². The molecule has 4 heteroatoms. The third kappa shape index (κ3) is 0.973. The Balaban J connectivity index is 2.93. The Kier molecular flexibility index (Phi) is 1.49. The summed E-state index contributed by atoms with van der Waals surface area (Å²) in [5.41, 5.74) is 1.14. The van der Waals surface area contributed by atoms with E-state index in [0.717, 1.165) is 3.57 Å². The van der Waals surface area contributed by atoms with Gasteiger partial charge in [0.25, 0.3) is 0 Å². The summed E-state index contributed by atoms with van der Waals surface area (Å²) in [6.45, 7) is 0. The molecule has 0 aliphatic rings. The van der Waals surface area contributed by atoms with Crippen molar-refractivity contribution in [3.63, 3.8) is 0 Å². The predicted molar refractivity (Wildman–Crippen MR) is 48.4 cm³/mol. The van der Waals surface area contributed by atoms with Gasteiger partial charge in [0, 0.05) is 0 Å². The fourth-order valence-corrected chi connectivity index (χ4v) is 1.31. The molecule has 0 amide bonds. The SMILES string of the molecule is Oc1c(I)ccc2ncoc12. The summed E-state index contributed by atoms with van der Waals surface area (Å²) in [6.07, 6.45) is 1.32. The summed E-state index contributed by atoms with van der Waals surface area (Å²) in [6, 6.07) is 3.60. The summed E-state index contributed by atoms with van der Waals surface area (Å²) >= 11 is 2.03. The molecular weight excluding hydrogens is 257 g/mol. The number of nitrogens with zero attached hydrogens (tertiary/aromatic N) is 1. The van der Waals surface area contributed by atoms with E-state index in [0.29, 0.717) is 11.1 Å². The van der Waals surface area contributed by atoms with Crippen LogP contribution < -0.4 is 0 Å². The van der Waals surface area contributed by atoms with Gasteiger partial charge in [0.05, 0.1) is 3.57 Å². The first-order chi connectivity index (χ1) is 5.29. The minimum Gasteiger partial charge on any atom is -0.503 e. The van der Waals surface area contributed by atoms with Crippen LogP contribution in [0.5, 0.6) is 5.75 Å². The third-order valence-corrected chi connectivity index (χ3v) is 2.29. The highest BCUT2D eigenvalue weighted by Crippen LogP contribution is 2.28.